The number of para-hydroxylation sites is 1. The van der Waals surface area contributed by atoms with Crippen molar-refractivity contribution in [3.05, 3.63) is 47.8 Å². The Kier molecular flexibility index (Phi) is 6.37. The minimum absolute atomic E-state index is 0.710. The van der Waals surface area contributed by atoms with Crippen molar-refractivity contribution in [3.8, 4) is 0 Å². The number of hydrogen-bond donors (Lipinski definition) is 1. The molecule has 0 amide bonds. The highest BCUT2D eigenvalue weighted by atomic mass is 15.3. The van der Waals surface area contributed by atoms with Gasteiger partial charge in [0.2, 0.25) is 0 Å². The smallest absolute Gasteiger partial charge is 0.0535 e. The van der Waals surface area contributed by atoms with Gasteiger partial charge in [-0.15, -0.1) is 0 Å². The van der Waals surface area contributed by atoms with Gasteiger partial charge in [0.25, 0.3) is 0 Å². The van der Waals surface area contributed by atoms with Gasteiger partial charge in [0, 0.05) is 68.2 Å². The number of anilines is 1. The molecule has 30 heavy (non-hydrogen) atoms. The molecule has 0 bridgehead atoms. The molecule has 1 saturated carbocycles. The Balaban J connectivity index is 1.16. The Bertz CT molecular complexity index is 774. The largest absolute Gasteiger partial charge is 0.369 e. The molecule has 3 heterocycles. The zero-order valence-electron chi connectivity index (χ0n) is 18.3. The van der Waals surface area contributed by atoms with E-state index in [0.29, 0.717) is 12.0 Å². The van der Waals surface area contributed by atoms with E-state index < -0.39 is 0 Å². The van der Waals surface area contributed by atoms with Crippen molar-refractivity contribution >= 4 is 5.69 Å². The maximum atomic E-state index is 4.44. The Morgan fingerprint density at radius 3 is 2.47 bits per heavy atom. The van der Waals surface area contributed by atoms with Crippen LogP contribution in [0.15, 0.2) is 36.5 Å². The van der Waals surface area contributed by atoms with E-state index in [1.807, 2.05) is 0 Å². The lowest BCUT2D eigenvalue weighted by atomic mass is 9.85. The molecule has 1 aliphatic carbocycles. The zero-order valence-corrected chi connectivity index (χ0v) is 18.3. The monoisotopic (exact) mass is 407 g/mol. The summed E-state index contributed by atoms with van der Waals surface area (Å²) in [6.45, 7) is 8.18. The van der Waals surface area contributed by atoms with Crippen molar-refractivity contribution in [2.45, 2.75) is 63.5 Å². The number of nitrogens with zero attached hydrogens (tertiary/aromatic N) is 4. The first-order valence-electron chi connectivity index (χ1n) is 12.2. The van der Waals surface area contributed by atoms with E-state index in [-0.39, 0.29) is 0 Å². The molecule has 162 valence electrons. The normalized spacial score (nSPS) is 24.9. The van der Waals surface area contributed by atoms with Crippen LogP contribution in [0.3, 0.4) is 0 Å². The van der Waals surface area contributed by atoms with Gasteiger partial charge in [-0.05, 0) is 44.4 Å². The average Bonchev–Trinajstić information content (AvgIpc) is 3.29. The molecular weight excluding hydrogens is 370 g/mol. The van der Waals surface area contributed by atoms with Gasteiger partial charge in [-0.25, -0.2) is 0 Å². The second kappa shape index (κ2) is 9.52. The quantitative estimate of drug-likeness (QED) is 0.804. The van der Waals surface area contributed by atoms with E-state index in [9.17, 15) is 0 Å². The van der Waals surface area contributed by atoms with Crippen LogP contribution in [0.25, 0.3) is 0 Å². The maximum Gasteiger partial charge on any atom is 0.0535 e. The number of aromatic amines is 1. The van der Waals surface area contributed by atoms with Crippen molar-refractivity contribution in [3.63, 3.8) is 0 Å². The second-order valence-electron chi connectivity index (χ2n) is 9.53. The molecule has 5 nitrogen and oxygen atoms in total. The first kappa shape index (κ1) is 20.1. The van der Waals surface area contributed by atoms with Crippen molar-refractivity contribution < 1.29 is 0 Å². The fraction of sp³-hybridized carbons (Fsp3) is 0.640. The molecule has 0 spiro atoms. The predicted molar refractivity (Wildman–Crippen MR) is 123 cm³/mol. The lowest BCUT2D eigenvalue weighted by Crippen LogP contribution is -2.55. The van der Waals surface area contributed by atoms with Gasteiger partial charge in [0.1, 0.15) is 0 Å². The Hall–Kier alpha value is -1.85. The molecule has 1 unspecified atom stereocenters. The summed E-state index contributed by atoms with van der Waals surface area (Å²) in [6.07, 6.45) is 11.6. The van der Waals surface area contributed by atoms with Crippen LogP contribution in [0.5, 0.6) is 0 Å². The van der Waals surface area contributed by atoms with E-state index in [1.165, 1.54) is 88.1 Å². The van der Waals surface area contributed by atoms with Crippen LogP contribution in [0, 0.1) is 0 Å². The van der Waals surface area contributed by atoms with Crippen LogP contribution in [0.1, 0.15) is 62.1 Å². The molecule has 1 aromatic heterocycles. The summed E-state index contributed by atoms with van der Waals surface area (Å²) in [5, 5.41) is 7.81. The highest BCUT2D eigenvalue weighted by Gasteiger charge is 2.29. The number of likely N-dealkylation sites (tertiary alicyclic amines) is 1. The molecule has 5 heteroatoms. The van der Waals surface area contributed by atoms with Crippen molar-refractivity contribution in [1.82, 2.24) is 20.0 Å². The number of piperidine rings is 1. The summed E-state index contributed by atoms with van der Waals surface area (Å²) in [6, 6.07) is 11.6. The number of benzene rings is 1. The van der Waals surface area contributed by atoms with E-state index in [2.05, 4.69) is 61.4 Å². The molecule has 3 aliphatic rings. The van der Waals surface area contributed by atoms with Crippen LogP contribution >= 0.6 is 0 Å². The summed E-state index contributed by atoms with van der Waals surface area (Å²) in [4.78, 5) is 7.98. The number of hydrogen-bond acceptors (Lipinski definition) is 4. The number of rotatable bonds is 5. The Morgan fingerprint density at radius 2 is 1.67 bits per heavy atom. The molecule has 0 radical (unpaired) electrons. The fourth-order valence-electron chi connectivity index (χ4n) is 5.89. The highest BCUT2D eigenvalue weighted by Crippen LogP contribution is 2.34. The van der Waals surface area contributed by atoms with Gasteiger partial charge in [0.05, 0.1) is 6.20 Å². The summed E-state index contributed by atoms with van der Waals surface area (Å²) < 4.78 is 0. The highest BCUT2D eigenvalue weighted by molar-refractivity contribution is 5.46. The summed E-state index contributed by atoms with van der Waals surface area (Å²) >= 11 is 0. The zero-order chi connectivity index (χ0) is 20.2. The summed E-state index contributed by atoms with van der Waals surface area (Å²) in [5.74, 6) is 0.711. The lowest BCUT2D eigenvalue weighted by Gasteiger charge is -2.44. The minimum atomic E-state index is 0.710. The topological polar surface area (TPSA) is 38.4 Å². The van der Waals surface area contributed by atoms with E-state index in [0.717, 1.165) is 19.6 Å². The molecular formula is C25H37N5. The number of H-pyrrole nitrogens is 1. The van der Waals surface area contributed by atoms with Crippen LogP contribution in [0.4, 0.5) is 5.69 Å². The molecule has 1 N–H and O–H groups in total. The first-order chi connectivity index (χ1) is 14.9. The van der Waals surface area contributed by atoms with Crippen molar-refractivity contribution in [1.29, 1.82) is 0 Å². The maximum absolute atomic E-state index is 4.44. The molecule has 2 aliphatic heterocycles. The van der Waals surface area contributed by atoms with Crippen LogP contribution in [0.2, 0.25) is 0 Å². The number of nitrogens with one attached hydrogen (secondary N) is 1. The van der Waals surface area contributed by atoms with E-state index >= 15 is 0 Å². The third kappa shape index (κ3) is 4.57. The van der Waals surface area contributed by atoms with Gasteiger partial charge in [-0.2, -0.15) is 5.10 Å². The first-order valence-corrected chi connectivity index (χ1v) is 12.2. The van der Waals surface area contributed by atoms with Crippen LogP contribution < -0.4 is 4.90 Å². The minimum Gasteiger partial charge on any atom is -0.369 e. The third-order valence-corrected chi connectivity index (χ3v) is 7.59. The number of piperazine rings is 1. The van der Waals surface area contributed by atoms with Gasteiger partial charge >= 0.3 is 0 Å². The standard InChI is InChI=1S/C25H37N5/c1-3-8-21(9-4-1)25-22(18-26-27-25)19-28-13-7-12-24(20-28)30-16-14-29(15-17-30)23-10-5-2-6-11-23/h2,5-6,10-11,18,21,24H,1,3-4,7-9,12-17,19-20H2,(H,26,27). The van der Waals surface area contributed by atoms with Crippen LogP contribution in [-0.4, -0.2) is 65.3 Å². The van der Waals surface area contributed by atoms with Gasteiger partial charge < -0.3 is 4.90 Å². The second-order valence-corrected chi connectivity index (χ2v) is 9.53. The van der Waals surface area contributed by atoms with E-state index in [1.54, 1.807) is 0 Å². The molecule has 3 fully saturated rings. The van der Waals surface area contributed by atoms with Crippen molar-refractivity contribution in [2.24, 2.45) is 0 Å². The SMILES string of the molecule is c1ccc(N2CCN(C3CCCN(Cc4cn[nH]c4C4CCCCC4)C3)CC2)cc1. The summed E-state index contributed by atoms with van der Waals surface area (Å²) in [7, 11) is 0. The molecule has 2 saturated heterocycles. The predicted octanol–water partition coefficient (Wildman–Crippen LogP) is 4.24. The average molecular weight is 408 g/mol. The molecule has 1 atom stereocenters. The fourth-order valence-corrected chi connectivity index (χ4v) is 5.89. The van der Waals surface area contributed by atoms with Crippen molar-refractivity contribution in [2.75, 3.05) is 44.2 Å². The van der Waals surface area contributed by atoms with Gasteiger partial charge in [-0.1, -0.05) is 37.5 Å². The van der Waals surface area contributed by atoms with Gasteiger partial charge in [-0.3, -0.25) is 14.9 Å². The molecule has 5 rings (SSSR count). The molecule has 1 aromatic carbocycles. The Labute approximate surface area is 181 Å². The van der Waals surface area contributed by atoms with E-state index in [4.69, 9.17) is 0 Å². The van der Waals surface area contributed by atoms with Gasteiger partial charge in [0.15, 0.2) is 0 Å². The third-order valence-electron chi connectivity index (χ3n) is 7.59. The molecule has 2 aromatic rings. The summed E-state index contributed by atoms with van der Waals surface area (Å²) in [5.41, 5.74) is 4.27. The lowest BCUT2D eigenvalue weighted by molar-refractivity contribution is 0.0885. The van der Waals surface area contributed by atoms with Crippen LogP contribution in [-0.2, 0) is 6.54 Å². The Morgan fingerprint density at radius 1 is 0.867 bits per heavy atom. The number of aromatic nitrogens is 2.